The largest absolute Gasteiger partial charge is 0.495 e. The van der Waals surface area contributed by atoms with Crippen LogP contribution in [0.2, 0.25) is 0 Å². The van der Waals surface area contributed by atoms with Gasteiger partial charge in [0.1, 0.15) is 5.75 Å². The molecule has 30 heavy (non-hydrogen) atoms. The van der Waals surface area contributed by atoms with E-state index in [2.05, 4.69) is 10.6 Å². The number of Topliss-reactive ketones (excluding diaryl/α,β-unsaturated/α-hetero) is 1. The number of esters is 1. The molecule has 0 saturated heterocycles. The number of ketones is 1. The molecular weight excluding hydrogens is 388 g/mol. The zero-order valence-electron chi connectivity index (χ0n) is 16.9. The van der Waals surface area contributed by atoms with Crippen molar-refractivity contribution >= 4 is 34.9 Å². The van der Waals surface area contributed by atoms with Crippen molar-refractivity contribution in [3.63, 3.8) is 0 Å². The van der Waals surface area contributed by atoms with Crippen LogP contribution in [-0.4, -0.2) is 37.3 Å². The first-order valence-corrected chi connectivity index (χ1v) is 9.38. The van der Waals surface area contributed by atoms with Gasteiger partial charge in [-0.05, 0) is 49.7 Å². The molecule has 8 heteroatoms. The van der Waals surface area contributed by atoms with E-state index in [0.29, 0.717) is 22.7 Å². The van der Waals surface area contributed by atoms with Crippen molar-refractivity contribution in [1.82, 2.24) is 0 Å². The third kappa shape index (κ3) is 7.38. The Kier molecular flexibility index (Phi) is 8.56. The molecule has 0 aliphatic heterocycles. The highest BCUT2D eigenvalue weighted by Gasteiger charge is 2.11. The molecule has 2 N–H and O–H groups in total. The van der Waals surface area contributed by atoms with Crippen LogP contribution in [0, 0.1) is 0 Å². The van der Waals surface area contributed by atoms with Gasteiger partial charge in [0.25, 0.3) is 5.91 Å². The Morgan fingerprint density at radius 2 is 1.57 bits per heavy atom. The maximum atomic E-state index is 11.9. The Balaban J connectivity index is 1.66. The lowest BCUT2D eigenvalue weighted by atomic mass is 10.1. The number of hydrogen-bond acceptors (Lipinski definition) is 6. The second-order valence-electron chi connectivity index (χ2n) is 6.44. The van der Waals surface area contributed by atoms with Gasteiger partial charge in [0.05, 0.1) is 12.8 Å². The Hall–Kier alpha value is -3.68. The van der Waals surface area contributed by atoms with Gasteiger partial charge in [-0.3, -0.25) is 19.2 Å². The van der Waals surface area contributed by atoms with Crippen LogP contribution in [0.4, 0.5) is 11.4 Å². The fourth-order valence-electron chi connectivity index (χ4n) is 2.56. The molecule has 0 fully saturated rings. The molecular formula is C22H24N2O6. The number of hydrogen-bond donors (Lipinski definition) is 2. The average Bonchev–Trinajstić information content (AvgIpc) is 2.73. The van der Waals surface area contributed by atoms with Gasteiger partial charge in [-0.15, -0.1) is 0 Å². The van der Waals surface area contributed by atoms with E-state index >= 15 is 0 Å². The summed E-state index contributed by atoms with van der Waals surface area (Å²) in [6.07, 6.45) is 0.417. The zero-order chi connectivity index (χ0) is 21.9. The van der Waals surface area contributed by atoms with Crippen molar-refractivity contribution in [2.24, 2.45) is 0 Å². The summed E-state index contributed by atoms with van der Waals surface area (Å²) >= 11 is 0. The number of ether oxygens (including phenoxy) is 2. The Bertz CT molecular complexity index is 908. The van der Waals surface area contributed by atoms with Crippen molar-refractivity contribution in [3.05, 3.63) is 54.1 Å². The van der Waals surface area contributed by atoms with Gasteiger partial charge in [-0.2, -0.15) is 0 Å². The quantitative estimate of drug-likeness (QED) is 0.458. The third-order valence-corrected chi connectivity index (χ3v) is 4.11. The highest BCUT2D eigenvalue weighted by Crippen LogP contribution is 2.22. The number of carbonyl (C=O) groups excluding carboxylic acids is 4. The molecule has 0 aliphatic rings. The number of para-hydroxylation sites is 2. The number of rotatable bonds is 10. The van der Waals surface area contributed by atoms with Gasteiger partial charge in [0, 0.05) is 24.1 Å². The maximum absolute atomic E-state index is 11.9. The smallest absolute Gasteiger partial charge is 0.306 e. The molecule has 0 aromatic heterocycles. The lowest BCUT2D eigenvalue weighted by Crippen LogP contribution is -2.21. The predicted molar refractivity (Wildman–Crippen MR) is 112 cm³/mol. The summed E-state index contributed by atoms with van der Waals surface area (Å²) in [5, 5.41) is 5.29. The Labute approximate surface area is 174 Å². The summed E-state index contributed by atoms with van der Waals surface area (Å²) in [5.74, 6) is -0.863. The van der Waals surface area contributed by atoms with Crippen molar-refractivity contribution < 1.29 is 28.7 Å². The number of anilines is 2. The number of benzene rings is 2. The summed E-state index contributed by atoms with van der Waals surface area (Å²) in [6.45, 7) is 1.04. The van der Waals surface area contributed by atoms with Gasteiger partial charge < -0.3 is 20.1 Å². The molecule has 2 aromatic rings. The predicted octanol–water partition coefficient (Wildman–Crippen LogP) is 3.19. The van der Waals surface area contributed by atoms with Crippen LogP contribution in [0.25, 0.3) is 0 Å². The van der Waals surface area contributed by atoms with Gasteiger partial charge in [-0.25, -0.2) is 0 Å². The Morgan fingerprint density at radius 1 is 0.867 bits per heavy atom. The standard InChI is InChI=1S/C22H24N2O6/c1-15(25)16-10-12-17(13-11-16)23-20(26)8-5-9-22(28)30-14-21(27)24-18-6-3-4-7-19(18)29-2/h3-4,6-7,10-13H,5,8-9,14H2,1-2H3,(H,23,26)(H,24,27). The fraction of sp³-hybridized carbons (Fsp3) is 0.273. The summed E-state index contributed by atoms with van der Waals surface area (Å²) in [7, 11) is 1.49. The summed E-state index contributed by atoms with van der Waals surface area (Å²) in [5.41, 5.74) is 1.61. The first-order chi connectivity index (χ1) is 14.4. The number of methoxy groups -OCH3 is 1. The topological polar surface area (TPSA) is 111 Å². The molecule has 0 aliphatic carbocycles. The normalized spacial score (nSPS) is 10.1. The van der Waals surface area contributed by atoms with Crippen molar-refractivity contribution in [2.45, 2.75) is 26.2 Å². The van der Waals surface area contributed by atoms with Crippen LogP contribution in [0.5, 0.6) is 5.75 Å². The van der Waals surface area contributed by atoms with E-state index in [9.17, 15) is 19.2 Å². The molecule has 0 radical (unpaired) electrons. The summed E-state index contributed by atoms with van der Waals surface area (Å²) in [6, 6.07) is 13.4. The van der Waals surface area contributed by atoms with Gasteiger partial charge in [0.2, 0.25) is 5.91 Å². The first kappa shape index (κ1) is 22.6. The van der Waals surface area contributed by atoms with E-state index in [-0.39, 0.29) is 31.0 Å². The van der Waals surface area contributed by atoms with Crippen LogP contribution in [0.3, 0.4) is 0 Å². The average molecular weight is 412 g/mol. The zero-order valence-corrected chi connectivity index (χ0v) is 16.9. The molecule has 0 unspecified atom stereocenters. The number of nitrogens with one attached hydrogen (secondary N) is 2. The maximum Gasteiger partial charge on any atom is 0.306 e. The number of carbonyl (C=O) groups is 4. The molecule has 2 aromatic carbocycles. The van der Waals surface area contributed by atoms with E-state index in [0.717, 1.165) is 0 Å². The van der Waals surface area contributed by atoms with Crippen molar-refractivity contribution in [2.75, 3.05) is 24.4 Å². The molecule has 0 bridgehead atoms. The van der Waals surface area contributed by atoms with Crippen molar-refractivity contribution in [3.8, 4) is 5.75 Å². The lowest BCUT2D eigenvalue weighted by molar-refractivity contribution is -0.147. The monoisotopic (exact) mass is 412 g/mol. The minimum absolute atomic E-state index is 0.0125. The molecule has 0 saturated carbocycles. The van der Waals surface area contributed by atoms with E-state index in [1.807, 2.05) is 0 Å². The lowest BCUT2D eigenvalue weighted by Gasteiger charge is -2.10. The van der Waals surface area contributed by atoms with E-state index < -0.39 is 18.5 Å². The SMILES string of the molecule is COc1ccccc1NC(=O)COC(=O)CCCC(=O)Nc1ccc(C(C)=O)cc1. The van der Waals surface area contributed by atoms with Crippen LogP contribution in [0.1, 0.15) is 36.5 Å². The highest BCUT2D eigenvalue weighted by atomic mass is 16.5. The van der Waals surface area contributed by atoms with E-state index in [4.69, 9.17) is 9.47 Å². The van der Waals surface area contributed by atoms with Crippen LogP contribution < -0.4 is 15.4 Å². The third-order valence-electron chi connectivity index (χ3n) is 4.11. The van der Waals surface area contributed by atoms with Crippen molar-refractivity contribution in [1.29, 1.82) is 0 Å². The summed E-state index contributed by atoms with van der Waals surface area (Å²) in [4.78, 5) is 46.9. The van der Waals surface area contributed by atoms with Gasteiger partial charge in [-0.1, -0.05) is 12.1 Å². The van der Waals surface area contributed by atoms with Gasteiger partial charge in [0.15, 0.2) is 12.4 Å². The first-order valence-electron chi connectivity index (χ1n) is 9.38. The number of amides is 2. The second-order valence-corrected chi connectivity index (χ2v) is 6.44. The second kappa shape index (κ2) is 11.4. The molecule has 158 valence electrons. The molecule has 0 spiro atoms. The van der Waals surface area contributed by atoms with E-state index in [1.165, 1.54) is 14.0 Å². The summed E-state index contributed by atoms with van der Waals surface area (Å²) < 4.78 is 10.1. The van der Waals surface area contributed by atoms with Crippen LogP contribution in [-0.2, 0) is 19.1 Å². The van der Waals surface area contributed by atoms with Crippen LogP contribution >= 0.6 is 0 Å². The molecule has 2 amide bonds. The molecule has 2 rings (SSSR count). The Morgan fingerprint density at radius 3 is 2.23 bits per heavy atom. The molecule has 0 atom stereocenters. The van der Waals surface area contributed by atoms with Crippen LogP contribution in [0.15, 0.2) is 48.5 Å². The van der Waals surface area contributed by atoms with Gasteiger partial charge >= 0.3 is 5.97 Å². The fourth-order valence-corrected chi connectivity index (χ4v) is 2.56. The minimum atomic E-state index is -0.566. The highest BCUT2D eigenvalue weighted by molar-refractivity contribution is 5.96. The minimum Gasteiger partial charge on any atom is -0.495 e. The molecule has 8 nitrogen and oxygen atoms in total. The molecule has 0 heterocycles. The van der Waals surface area contributed by atoms with E-state index in [1.54, 1.807) is 48.5 Å².